The maximum atomic E-state index is 12.7. The smallest absolute Gasteiger partial charge is 0.342 e. The Kier molecular flexibility index (Phi) is 7.86. The van der Waals surface area contributed by atoms with Crippen molar-refractivity contribution in [3.8, 4) is 11.5 Å². The summed E-state index contributed by atoms with van der Waals surface area (Å²) in [5, 5.41) is -0.0422. The van der Waals surface area contributed by atoms with Gasteiger partial charge in [0.05, 0.1) is 20.1 Å². The van der Waals surface area contributed by atoms with E-state index < -0.39 is 8.32 Å². The number of cyclic esters (lactones) is 1. The van der Waals surface area contributed by atoms with Crippen LogP contribution in [0.1, 0.15) is 68.1 Å². The van der Waals surface area contributed by atoms with Crippen molar-refractivity contribution < 1.29 is 28.2 Å². The molecule has 0 bridgehead atoms. The summed E-state index contributed by atoms with van der Waals surface area (Å²) < 4.78 is 22.8. The van der Waals surface area contributed by atoms with Gasteiger partial charge in [-0.3, -0.25) is 4.79 Å². The number of methoxy groups -OCH3 is 2. The molecule has 0 saturated heterocycles. The Morgan fingerprint density at radius 3 is 2.38 bits per heavy atom. The van der Waals surface area contributed by atoms with Gasteiger partial charge in [0.1, 0.15) is 23.7 Å². The fraction of sp³-hybridized carbons (Fsp3) is 0.600. The molecule has 0 aliphatic carbocycles. The van der Waals surface area contributed by atoms with E-state index in [1.54, 1.807) is 7.11 Å². The third kappa shape index (κ3) is 5.19. The Balaban J connectivity index is 2.59. The van der Waals surface area contributed by atoms with Gasteiger partial charge < -0.3 is 18.6 Å². The Labute approximate surface area is 193 Å². The molecule has 2 rings (SSSR count). The van der Waals surface area contributed by atoms with Crippen molar-refractivity contribution in [1.82, 2.24) is 0 Å². The SMILES string of the molecule is COC(=O)C(C)CC(C)=CCc1c(OC)c(C)c2c(c1O[Si](C)(C)C(C)(C)C)C(=O)OC2. The highest BCUT2D eigenvalue weighted by Gasteiger charge is 2.42. The van der Waals surface area contributed by atoms with Crippen LogP contribution in [-0.4, -0.2) is 34.5 Å². The third-order valence-electron chi connectivity index (χ3n) is 6.68. The summed E-state index contributed by atoms with van der Waals surface area (Å²) in [4.78, 5) is 24.5. The van der Waals surface area contributed by atoms with E-state index >= 15 is 0 Å². The van der Waals surface area contributed by atoms with Gasteiger partial charge in [-0.05, 0) is 50.4 Å². The predicted octanol–water partition coefficient (Wildman–Crippen LogP) is 5.75. The van der Waals surface area contributed by atoms with Crippen LogP contribution in [0.4, 0.5) is 0 Å². The van der Waals surface area contributed by atoms with Gasteiger partial charge in [0.2, 0.25) is 0 Å². The van der Waals surface area contributed by atoms with Gasteiger partial charge in [0.25, 0.3) is 8.32 Å². The van der Waals surface area contributed by atoms with Gasteiger partial charge in [-0.15, -0.1) is 0 Å². The van der Waals surface area contributed by atoms with Gasteiger partial charge in [0.15, 0.2) is 0 Å². The largest absolute Gasteiger partial charge is 0.543 e. The molecule has 0 aromatic heterocycles. The topological polar surface area (TPSA) is 71.1 Å². The molecular formula is C25H38O6Si. The molecule has 1 aliphatic rings. The number of hydrogen-bond acceptors (Lipinski definition) is 6. The van der Waals surface area contributed by atoms with Crippen LogP contribution >= 0.6 is 0 Å². The molecule has 1 heterocycles. The van der Waals surface area contributed by atoms with Crippen LogP contribution in [0.25, 0.3) is 0 Å². The molecular weight excluding hydrogens is 424 g/mol. The fourth-order valence-electron chi connectivity index (χ4n) is 3.66. The van der Waals surface area contributed by atoms with Gasteiger partial charge in [-0.2, -0.15) is 0 Å². The van der Waals surface area contributed by atoms with E-state index in [1.165, 1.54) is 7.11 Å². The van der Waals surface area contributed by atoms with Crippen LogP contribution < -0.4 is 9.16 Å². The molecule has 6 nitrogen and oxygen atoms in total. The number of hydrogen-bond donors (Lipinski definition) is 0. The molecule has 0 fully saturated rings. The molecule has 32 heavy (non-hydrogen) atoms. The van der Waals surface area contributed by atoms with Crippen LogP contribution in [0.15, 0.2) is 11.6 Å². The third-order valence-corrected chi connectivity index (χ3v) is 11.0. The molecule has 7 heteroatoms. The first-order valence-electron chi connectivity index (χ1n) is 11.1. The molecule has 178 valence electrons. The first kappa shape index (κ1) is 26.0. The molecule has 0 saturated carbocycles. The number of carbonyl (C=O) groups is 2. The van der Waals surface area contributed by atoms with Crippen LogP contribution in [0, 0.1) is 12.8 Å². The maximum Gasteiger partial charge on any atom is 0.342 e. The molecule has 1 unspecified atom stereocenters. The Hall–Kier alpha value is -2.28. The van der Waals surface area contributed by atoms with E-state index in [-0.39, 0.29) is 29.5 Å². The monoisotopic (exact) mass is 462 g/mol. The number of ether oxygens (including phenoxy) is 3. The van der Waals surface area contributed by atoms with Crippen molar-refractivity contribution in [2.24, 2.45) is 5.92 Å². The van der Waals surface area contributed by atoms with Crippen LogP contribution in [0.5, 0.6) is 11.5 Å². The fourth-order valence-corrected chi connectivity index (χ4v) is 4.70. The molecule has 0 radical (unpaired) electrons. The zero-order valence-corrected chi connectivity index (χ0v) is 22.2. The summed E-state index contributed by atoms with van der Waals surface area (Å²) in [5.41, 5.74) is 4.17. The maximum absolute atomic E-state index is 12.7. The molecule has 1 aromatic rings. The average Bonchev–Trinajstić information content (AvgIpc) is 3.08. The lowest BCUT2D eigenvalue weighted by Crippen LogP contribution is -2.44. The first-order valence-corrected chi connectivity index (χ1v) is 14.0. The summed E-state index contributed by atoms with van der Waals surface area (Å²) in [7, 11) is 0.793. The lowest BCUT2D eigenvalue weighted by atomic mass is 9.94. The lowest BCUT2D eigenvalue weighted by Gasteiger charge is -2.37. The molecule has 0 amide bonds. The summed E-state index contributed by atoms with van der Waals surface area (Å²) in [6.45, 7) is 16.9. The van der Waals surface area contributed by atoms with E-state index in [9.17, 15) is 9.59 Å². The number of esters is 2. The van der Waals surface area contributed by atoms with Crippen molar-refractivity contribution >= 4 is 20.3 Å². The summed E-state index contributed by atoms with van der Waals surface area (Å²) in [5.74, 6) is 0.509. The van der Waals surface area contributed by atoms with Crippen molar-refractivity contribution in [2.45, 2.75) is 79.1 Å². The Bertz CT molecular complexity index is 924. The number of benzene rings is 1. The molecule has 0 N–H and O–H groups in total. The Morgan fingerprint density at radius 1 is 1.22 bits per heavy atom. The lowest BCUT2D eigenvalue weighted by molar-refractivity contribution is -0.144. The van der Waals surface area contributed by atoms with E-state index in [1.807, 2.05) is 20.8 Å². The van der Waals surface area contributed by atoms with Crippen LogP contribution in [0.2, 0.25) is 18.1 Å². The standard InChI is InChI=1S/C25H38O6Si/c1-15(13-16(2)23(26)29-8)11-12-18-21(28-7)17(3)19-14-30-24(27)20(19)22(18)31-32(9,10)25(4,5)6/h11,16H,12-14H2,1-10H3. The minimum absolute atomic E-state index is 0.0422. The second kappa shape index (κ2) is 9.69. The highest BCUT2D eigenvalue weighted by atomic mass is 28.4. The quantitative estimate of drug-likeness (QED) is 0.278. The van der Waals surface area contributed by atoms with Crippen LogP contribution in [-0.2, 0) is 27.3 Å². The van der Waals surface area contributed by atoms with Gasteiger partial charge >= 0.3 is 11.9 Å². The highest BCUT2D eigenvalue weighted by Crippen LogP contribution is 2.46. The average molecular weight is 463 g/mol. The van der Waals surface area contributed by atoms with Crippen molar-refractivity contribution in [3.05, 3.63) is 33.9 Å². The normalized spacial score (nSPS) is 15.2. The first-order chi connectivity index (χ1) is 14.7. The number of fused-ring (bicyclic) bond motifs is 1. The van der Waals surface area contributed by atoms with Gasteiger partial charge in [-0.25, -0.2) is 4.79 Å². The molecule has 0 spiro atoms. The predicted molar refractivity (Wildman–Crippen MR) is 128 cm³/mol. The van der Waals surface area contributed by atoms with Gasteiger partial charge in [0, 0.05) is 11.1 Å². The number of carbonyl (C=O) groups excluding carboxylic acids is 2. The van der Waals surface area contributed by atoms with E-state index in [2.05, 4.69) is 39.9 Å². The second-order valence-electron chi connectivity index (χ2n) is 10.1. The highest BCUT2D eigenvalue weighted by molar-refractivity contribution is 6.74. The van der Waals surface area contributed by atoms with E-state index in [0.29, 0.717) is 24.2 Å². The minimum Gasteiger partial charge on any atom is -0.543 e. The molecule has 1 aromatic carbocycles. The number of allylic oxidation sites excluding steroid dienone is 2. The summed E-state index contributed by atoms with van der Waals surface area (Å²) in [6.07, 6.45) is 3.19. The molecule has 1 atom stereocenters. The molecule has 1 aliphatic heterocycles. The van der Waals surface area contributed by atoms with E-state index in [0.717, 1.165) is 28.0 Å². The zero-order chi connectivity index (χ0) is 24.4. The second-order valence-corrected chi connectivity index (χ2v) is 14.9. The Morgan fingerprint density at radius 2 is 1.84 bits per heavy atom. The van der Waals surface area contributed by atoms with Crippen molar-refractivity contribution in [1.29, 1.82) is 0 Å². The summed E-state index contributed by atoms with van der Waals surface area (Å²) >= 11 is 0. The van der Waals surface area contributed by atoms with Crippen molar-refractivity contribution in [3.63, 3.8) is 0 Å². The summed E-state index contributed by atoms with van der Waals surface area (Å²) in [6, 6.07) is 0. The van der Waals surface area contributed by atoms with Gasteiger partial charge in [-0.1, -0.05) is 39.3 Å². The van der Waals surface area contributed by atoms with Crippen molar-refractivity contribution in [2.75, 3.05) is 14.2 Å². The minimum atomic E-state index is -2.25. The number of rotatable bonds is 8. The van der Waals surface area contributed by atoms with Crippen LogP contribution in [0.3, 0.4) is 0 Å². The zero-order valence-electron chi connectivity index (χ0n) is 21.2. The van der Waals surface area contributed by atoms with E-state index in [4.69, 9.17) is 18.6 Å².